The van der Waals surface area contributed by atoms with Crippen molar-refractivity contribution < 1.29 is 0 Å². The zero-order valence-electron chi connectivity index (χ0n) is 34.6. The van der Waals surface area contributed by atoms with Crippen LogP contribution in [-0.4, -0.2) is 15.3 Å². The van der Waals surface area contributed by atoms with Gasteiger partial charge < -0.3 is 9.88 Å². The number of nitrogens with one attached hydrogen (secondary N) is 1. The first kappa shape index (κ1) is 36.5. The van der Waals surface area contributed by atoms with E-state index in [9.17, 15) is 0 Å². The van der Waals surface area contributed by atoms with Crippen LogP contribution in [0.25, 0.3) is 92.5 Å². The number of hydrogen-bond donors (Lipinski definition) is 1. The van der Waals surface area contributed by atoms with Crippen LogP contribution in [-0.2, 0) is 0 Å². The molecule has 0 radical (unpaired) electrons. The second-order valence-electron chi connectivity index (χ2n) is 16.6. The Morgan fingerprint density at radius 1 is 0.438 bits per heavy atom. The molecule has 0 fully saturated rings. The highest BCUT2D eigenvalue weighted by Gasteiger charge is 2.29. The topological polar surface area (TPSA) is 42.2 Å². The van der Waals surface area contributed by atoms with Gasteiger partial charge in [-0.3, -0.25) is 9.98 Å². The molecule has 9 aromatic carbocycles. The third kappa shape index (κ3) is 5.89. The Balaban J connectivity index is 1.02. The van der Waals surface area contributed by atoms with Gasteiger partial charge in [0.05, 0.1) is 33.0 Å². The van der Waals surface area contributed by atoms with Gasteiger partial charge in [0.2, 0.25) is 0 Å². The number of anilines is 1. The van der Waals surface area contributed by atoms with Crippen LogP contribution >= 0.6 is 11.3 Å². The predicted molar refractivity (Wildman–Crippen MR) is 270 cm³/mol. The van der Waals surface area contributed by atoms with E-state index in [1.54, 1.807) is 0 Å². The van der Waals surface area contributed by atoms with Crippen LogP contribution in [0.5, 0.6) is 0 Å². The first-order chi connectivity index (χ1) is 31.7. The molecular formula is C59H38N4S. The fraction of sp³-hybridized carbons (Fsp3) is 0.0169. The van der Waals surface area contributed by atoms with Crippen molar-refractivity contribution in [2.75, 3.05) is 5.32 Å². The van der Waals surface area contributed by atoms with Crippen molar-refractivity contribution in [2.45, 2.75) is 6.17 Å². The van der Waals surface area contributed by atoms with Crippen molar-refractivity contribution in [2.24, 2.45) is 4.99 Å². The number of aliphatic imine (C=N–C) groups is 1. The minimum Gasteiger partial charge on any atom is -0.358 e. The Morgan fingerprint density at radius 2 is 1.06 bits per heavy atom. The van der Waals surface area contributed by atoms with Crippen molar-refractivity contribution in [3.63, 3.8) is 0 Å². The Labute approximate surface area is 374 Å². The van der Waals surface area contributed by atoms with E-state index >= 15 is 0 Å². The molecule has 13 rings (SSSR count). The molecule has 0 amide bonds. The van der Waals surface area contributed by atoms with Gasteiger partial charge in [-0.05, 0) is 104 Å². The minimum atomic E-state index is -0.310. The van der Waals surface area contributed by atoms with Crippen molar-refractivity contribution in [3.8, 4) is 39.1 Å². The number of fused-ring (bicyclic) bond motifs is 8. The molecule has 0 saturated heterocycles. The van der Waals surface area contributed by atoms with Gasteiger partial charge in [0.15, 0.2) is 0 Å². The van der Waals surface area contributed by atoms with Crippen molar-refractivity contribution in [1.29, 1.82) is 0 Å². The Hall–Kier alpha value is -8.12. The Bertz CT molecular complexity index is 3790. The highest BCUT2D eigenvalue weighted by atomic mass is 32.1. The molecule has 5 heteroatoms. The minimum absolute atomic E-state index is 0.310. The summed E-state index contributed by atoms with van der Waals surface area (Å²) in [5.41, 5.74) is 15.0. The first-order valence-electron chi connectivity index (χ1n) is 21.7. The number of rotatable bonds is 6. The summed E-state index contributed by atoms with van der Waals surface area (Å²) >= 11 is 1.82. The lowest BCUT2D eigenvalue weighted by Crippen LogP contribution is -2.19. The molecule has 0 saturated carbocycles. The van der Waals surface area contributed by atoms with Crippen LogP contribution in [0.3, 0.4) is 0 Å². The lowest BCUT2D eigenvalue weighted by Gasteiger charge is -2.25. The van der Waals surface area contributed by atoms with Crippen LogP contribution in [0.1, 0.15) is 22.2 Å². The van der Waals surface area contributed by atoms with E-state index in [-0.39, 0.29) is 6.17 Å². The molecule has 3 aromatic heterocycles. The Morgan fingerprint density at radius 3 is 1.88 bits per heavy atom. The molecule has 300 valence electrons. The lowest BCUT2D eigenvalue weighted by atomic mass is 9.91. The first-order valence-corrected chi connectivity index (χ1v) is 22.6. The van der Waals surface area contributed by atoms with Gasteiger partial charge in [-0.25, -0.2) is 0 Å². The van der Waals surface area contributed by atoms with E-state index in [0.717, 1.165) is 38.5 Å². The summed E-state index contributed by atoms with van der Waals surface area (Å²) in [6.45, 7) is 0. The third-order valence-electron chi connectivity index (χ3n) is 12.9. The molecule has 1 atom stereocenters. The van der Waals surface area contributed by atoms with Crippen molar-refractivity contribution in [1.82, 2.24) is 9.55 Å². The molecule has 1 aliphatic heterocycles. The van der Waals surface area contributed by atoms with E-state index < -0.39 is 0 Å². The molecule has 0 spiro atoms. The van der Waals surface area contributed by atoms with Crippen molar-refractivity contribution in [3.05, 3.63) is 235 Å². The molecular weight excluding hydrogens is 797 g/mol. The van der Waals surface area contributed by atoms with E-state index in [2.05, 4.69) is 221 Å². The summed E-state index contributed by atoms with van der Waals surface area (Å²) in [5, 5.41) is 12.4. The lowest BCUT2D eigenvalue weighted by molar-refractivity contribution is 0.830. The molecule has 0 bridgehead atoms. The summed E-state index contributed by atoms with van der Waals surface area (Å²) in [7, 11) is 0. The Kier molecular flexibility index (Phi) is 8.43. The molecule has 1 aliphatic rings. The van der Waals surface area contributed by atoms with Crippen LogP contribution < -0.4 is 5.32 Å². The average molecular weight is 835 g/mol. The number of hydrogen-bond acceptors (Lipinski definition) is 4. The smallest absolute Gasteiger partial charge is 0.145 e. The summed E-state index contributed by atoms with van der Waals surface area (Å²) in [6, 6.07) is 74.9. The van der Waals surface area contributed by atoms with Gasteiger partial charge >= 0.3 is 0 Å². The van der Waals surface area contributed by atoms with Crippen LogP contribution in [0.4, 0.5) is 5.69 Å². The average Bonchev–Trinajstić information content (AvgIpc) is 3.90. The van der Waals surface area contributed by atoms with Gasteiger partial charge in [-0.15, -0.1) is 11.3 Å². The summed E-state index contributed by atoms with van der Waals surface area (Å²) < 4.78 is 3.67. The maximum Gasteiger partial charge on any atom is 0.145 e. The highest BCUT2D eigenvalue weighted by molar-refractivity contribution is 7.22. The SMILES string of the molecule is c1ccc(-c2ccc(-c3cc4c5c(sc4cc3-c3ccccc3)C(c3cccc4c(-n6c7ccccc7c7cc8ccccc8cc76)cccc34)=NC(c3ccncc3)N5)cc2)cc1. The van der Waals surface area contributed by atoms with Gasteiger partial charge in [0, 0.05) is 44.2 Å². The second kappa shape index (κ2) is 14.8. The van der Waals surface area contributed by atoms with E-state index in [4.69, 9.17) is 4.99 Å². The van der Waals surface area contributed by atoms with Crippen molar-refractivity contribution >= 4 is 76.2 Å². The summed E-state index contributed by atoms with van der Waals surface area (Å²) in [5.74, 6) is 0. The van der Waals surface area contributed by atoms with Gasteiger partial charge in [-0.1, -0.05) is 158 Å². The summed E-state index contributed by atoms with van der Waals surface area (Å²) in [6.07, 6.45) is 3.40. The molecule has 1 unspecified atom stereocenters. The third-order valence-corrected chi connectivity index (χ3v) is 14.1. The van der Waals surface area contributed by atoms with E-state index in [0.29, 0.717) is 0 Å². The highest BCUT2D eigenvalue weighted by Crippen LogP contribution is 2.48. The quantitative estimate of drug-likeness (QED) is 0.181. The predicted octanol–water partition coefficient (Wildman–Crippen LogP) is 15.7. The van der Waals surface area contributed by atoms with Crippen LogP contribution in [0.15, 0.2) is 224 Å². The van der Waals surface area contributed by atoms with Gasteiger partial charge in [-0.2, -0.15) is 0 Å². The number of thiophene rings is 1. The zero-order chi connectivity index (χ0) is 42.1. The standard InChI is InChI=1S/C59H38N4S/c1-3-13-37(14-4-1)38-25-27-40(28-26-38)48-35-51-55(36-49(48)39-15-5-2-6-16-39)64-58-56(61-59(62-57(51)58)41-29-31-60-32-30-41)47-22-11-21-45-44(47)20-12-24-53(45)63-52-23-10-9-19-46(52)50-33-42-17-7-8-18-43(42)34-54(50)63/h1-36,59,62H. The zero-order valence-corrected chi connectivity index (χ0v) is 35.4. The number of pyridine rings is 1. The fourth-order valence-electron chi connectivity index (χ4n) is 9.88. The molecule has 12 aromatic rings. The normalized spacial score (nSPS) is 13.7. The molecule has 64 heavy (non-hydrogen) atoms. The molecule has 0 aliphatic carbocycles. The number of benzene rings is 9. The van der Waals surface area contributed by atoms with Crippen LogP contribution in [0, 0.1) is 0 Å². The number of aromatic nitrogens is 2. The van der Waals surface area contributed by atoms with Gasteiger partial charge in [0.25, 0.3) is 0 Å². The molecule has 4 heterocycles. The monoisotopic (exact) mass is 834 g/mol. The van der Waals surface area contributed by atoms with Crippen LogP contribution in [0.2, 0.25) is 0 Å². The second-order valence-corrected chi connectivity index (χ2v) is 17.6. The molecule has 1 N–H and O–H groups in total. The maximum absolute atomic E-state index is 5.62. The van der Waals surface area contributed by atoms with Gasteiger partial charge in [0.1, 0.15) is 6.17 Å². The largest absolute Gasteiger partial charge is 0.358 e. The fourth-order valence-corrected chi connectivity index (χ4v) is 11.1. The number of para-hydroxylation sites is 1. The molecule has 4 nitrogen and oxygen atoms in total. The van der Waals surface area contributed by atoms with E-state index in [1.165, 1.54) is 81.4 Å². The number of nitrogens with zero attached hydrogens (tertiary/aromatic N) is 3. The maximum atomic E-state index is 5.62. The summed E-state index contributed by atoms with van der Waals surface area (Å²) in [4.78, 5) is 11.1. The van der Waals surface area contributed by atoms with E-state index in [1.807, 2.05) is 23.7 Å².